The fourth-order valence-electron chi connectivity index (χ4n) is 2.61. The summed E-state index contributed by atoms with van der Waals surface area (Å²) in [7, 11) is 1.43. The Morgan fingerprint density at radius 3 is 2.62 bits per heavy atom. The number of carbonyl (C=O) groups is 1. The predicted octanol–water partition coefficient (Wildman–Crippen LogP) is 2.33. The smallest absolute Gasteiger partial charge is 0.414 e. The molecule has 1 fully saturated rings. The van der Waals surface area contributed by atoms with Crippen LogP contribution >= 0.6 is 0 Å². The Bertz CT molecular complexity index is 470. The van der Waals surface area contributed by atoms with E-state index in [0.29, 0.717) is 12.5 Å². The summed E-state index contributed by atoms with van der Waals surface area (Å²) < 4.78 is 4.97. The van der Waals surface area contributed by atoms with Gasteiger partial charge < -0.3 is 15.0 Å². The number of para-hydroxylation sites is 2. The molecule has 0 spiro atoms. The van der Waals surface area contributed by atoms with E-state index in [2.05, 4.69) is 30.1 Å². The lowest BCUT2D eigenvalue weighted by Gasteiger charge is -2.34. The minimum Gasteiger partial charge on any atom is -0.452 e. The summed E-state index contributed by atoms with van der Waals surface area (Å²) in [6.07, 6.45) is -0.300. The van der Waals surface area contributed by atoms with Gasteiger partial charge in [0.05, 0.1) is 18.5 Å². The molecule has 0 atom stereocenters. The molecule has 1 saturated heterocycles. The molecule has 2 rings (SSSR count). The van der Waals surface area contributed by atoms with Gasteiger partial charge in [0.25, 0.3) is 0 Å². The number of methoxy groups -OCH3 is 1. The van der Waals surface area contributed by atoms with Crippen LogP contribution in [0.4, 0.5) is 16.2 Å². The van der Waals surface area contributed by atoms with Crippen LogP contribution in [-0.4, -0.2) is 45.9 Å². The van der Waals surface area contributed by atoms with Gasteiger partial charge in [-0.15, -0.1) is 0 Å². The number of piperazine rings is 1. The van der Waals surface area contributed by atoms with E-state index >= 15 is 0 Å². The lowest BCUT2D eigenvalue weighted by atomic mass is 10.1. The SMILES string of the molecule is COC(=O)N(CC(C)C)c1ccccc1N1CCNCC1. The minimum absolute atomic E-state index is 0.300. The molecule has 0 radical (unpaired) electrons. The van der Waals surface area contributed by atoms with Gasteiger partial charge in [-0.2, -0.15) is 0 Å². The Morgan fingerprint density at radius 1 is 1.33 bits per heavy atom. The third-order valence-electron chi connectivity index (χ3n) is 3.57. The van der Waals surface area contributed by atoms with Gasteiger partial charge in [-0.05, 0) is 18.1 Å². The third kappa shape index (κ3) is 3.88. The van der Waals surface area contributed by atoms with Crippen molar-refractivity contribution in [3.8, 4) is 0 Å². The maximum absolute atomic E-state index is 12.2. The monoisotopic (exact) mass is 291 g/mol. The molecule has 0 unspecified atom stereocenters. The van der Waals surface area contributed by atoms with Crippen LogP contribution in [0.15, 0.2) is 24.3 Å². The third-order valence-corrected chi connectivity index (χ3v) is 3.57. The Hall–Kier alpha value is -1.75. The van der Waals surface area contributed by atoms with Gasteiger partial charge in [-0.3, -0.25) is 4.90 Å². The number of hydrogen-bond donors (Lipinski definition) is 1. The molecule has 0 bridgehead atoms. The van der Waals surface area contributed by atoms with E-state index in [9.17, 15) is 4.79 Å². The second-order valence-corrected chi connectivity index (χ2v) is 5.70. The second kappa shape index (κ2) is 7.31. The van der Waals surface area contributed by atoms with Crippen molar-refractivity contribution in [3.05, 3.63) is 24.3 Å². The molecule has 1 N–H and O–H groups in total. The van der Waals surface area contributed by atoms with Crippen LogP contribution in [0.2, 0.25) is 0 Å². The summed E-state index contributed by atoms with van der Waals surface area (Å²) >= 11 is 0. The highest BCUT2D eigenvalue weighted by atomic mass is 16.5. The first-order valence-electron chi connectivity index (χ1n) is 7.53. The predicted molar refractivity (Wildman–Crippen MR) is 86.1 cm³/mol. The maximum Gasteiger partial charge on any atom is 0.414 e. The number of hydrogen-bond acceptors (Lipinski definition) is 4. The highest BCUT2D eigenvalue weighted by Crippen LogP contribution is 2.30. The first-order chi connectivity index (χ1) is 10.1. The lowest BCUT2D eigenvalue weighted by molar-refractivity contribution is 0.177. The summed E-state index contributed by atoms with van der Waals surface area (Å²) in [5.41, 5.74) is 2.03. The van der Waals surface area contributed by atoms with Crippen molar-refractivity contribution in [1.29, 1.82) is 0 Å². The number of benzene rings is 1. The number of rotatable bonds is 4. The van der Waals surface area contributed by atoms with Crippen molar-refractivity contribution < 1.29 is 9.53 Å². The van der Waals surface area contributed by atoms with E-state index in [-0.39, 0.29) is 6.09 Å². The van der Waals surface area contributed by atoms with Gasteiger partial charge in [0, 0.05) is 32.7 Å². The minimum atomic E-state index is -0.300. The Labute approximate surface area is 126 Å². The summed E-state index contributed by atoms with van der Waals surface area (Å²) in [6, 6.07) is 8.07. The van der Waals surface area contributed by atoms with E-state index < -0.39 is 0 Å². The second-order valence-electron chi connectivity index (χ2n) is 5.70. The van der Waals surface area contributed by atoms with Crippen LogP contribution in [-0.2, 0) is 4.74 Å². The number of nitrogens with zero attached hydrogens (tertiary/aromatic N) is 2. The average molecular weight is 291 g/mol. The van der Waals surface area contributed by atoms with Crippen LogP contribution in [0, 0.1) is 5.92 Å². The zero-order valence-electron chi connectivity index (χ0n) is 13.1. The van der Waals surface area contributed by atoms with Crippen LogP contribution in [0.3, 0.4) is 0 Å². The molecule has 5 nitrogen and oxygen atoms in total. The topological polar surface area (TPSA) is 44.8 Å². The van der Waals surface area contributed by atoms with Gasteiger partial charge >= 0.3 is 6.09 Å². The van der Waals surface area contributed by atoms with Crippen LogP contribution in [0.5, 0.6) is 0 Å². The van der Waals surface area contributed by atoms with Crippen molar-refractivity contribution >= 4 is 17.5 Å². The molecule has 0 aromatic heterocycles. The molecule has 1 amide bonds. The van der Waals surface area contributed by atoms with E-state index in [1.54, 1.807) is 4.90 Å². The van der Waals surface area contributed by atoms with Crippen molar-refractivity contribution in [3.63, 3.8) is 0 Å². The molecule has 0 aliphatic carbocycles. The van der Waals surface area contributed by atoms with Gasteiger partial charge in [0.2, 0.25) is 0 Å². The number of amides is 1. The Morgan fingerprint density at radius 2 is 2.00 bits per heavy atom. The molecule has 1 aliphatic rings. The zero-order chi connectivity index (χ0) is 15.2. The molecule has 1 aromatic rings. The standard InChI is InChI=1S/C16H25N3O2/c1-13(2)12-19(16(20)21-3)15-7-5-4-6-14(15)18-10-8-17-9-11-18/h4-7,13,17H,8-12H2,1-3H3. The van der Waals surface area contributed by atoms with Gasteiger partial charge in [-0.1, -0.05) is 26.0 Å². The highest BCUT2D eigenvalue weighted by molar-refractivity contribution is 5.92. The van der Waals surface area contributed by atoms with Crippen molar-refractivity contribution in [2.45, 2.75) is 13.8 Å². The Kier molecular flexibility index (Phi) is 5.44. The molecule has 5 heteroatoms. The summed E-state index contributed by atoms with van der Waals surface area (Å²) in [5, 5.41) is 3.35. The number of anilines is 2. The summed E-state index contributed by atoms with van der Waals surface area (Å²) in [4.78, 5) is 16.2. The van der Waals surface area contributed by atoms with Crippen LogP contribution in [0.1, 0.15) is 13.8 Å². The molecule has 1 aromatic carbocycles. The number of ether oxygens (including phenoxy) is 1. The quantitative estimate of drug-likeness (QED) is 0.925. The normalized spacial score (nSPS) is 15.1. The lowest BCUT2D eigenvalue weighted by Crippen LogP contribution is -2.44. The fourth-order valence-corrected chi connectivity index (χ4v) is 2.61. The molecule has 116 valence electrons. The summed E-state index contributed by atoms with van der Waals surface area (Å²) in [5.74, 6) is 0.375. The zero-order valence-corrected chi connectivity index (χ0v) is 13.1. The summed E-state index contributed by atoms with van der Waals surface area (Å²) in [6.45, 7) is 8.69. The molecule has 1 heterocycles. The molecular weight excluding hydrogens is 266 g/mol. The number of carbonyl (C=O) groups excluding carboxylic acids is 1. The first kappa shape index (κ1) is 15.6. The van der Waals surface area contributed by atoms with E-state index in [4.69, 9.17) is 4.74 Å². The van der Waals surface area contributed by atoms with Crippen molar-refractivity contribution in [1.82, 2.24) is 5.32 Å². The van der Waals surface area contributed by atoms with E-state index in [1.165, 1.54) is 7.11 Å². The highest BCUT2D eigenvalue weighted by Gasteiger charge is 2.23. The van der Waals surface area contributed by atoms with E-state index in [1.807, 2.05) is 18.2 Å². The number of nitrogens with one attached hydrogen (secondary N) is 1. The molecule has 0 saturated carbocycles. The molecule has 1 aliphatic heterocycles. The van der Waals surface area contributed by atoms with Crippen LogP contribution in [0.25, 0.3) is 0 Å². The molecule has 21 heavy (non-hydrogen) atoms. The van der Waals surface area contributed by atoms with Crippen molar-refractivity contribution in [2.24, 2.45) is 5.92 Å². The van der Waals surface area contributed by atoms with E-state index in [0.717, 1.165) is 37.6 Å². The van der Waals surface area contributed by atoms with Gasteiger partial charge in [0.15, 0.2) is 0 Å². The van der Waals surface area contributed by atoms with Gasteiger partial charge in [-0.25, -0.2) is 4.79 Å². The van der Waals surface area contributed by atoms with Crippen LogP contribution < -0.4 is 15.1 Å². The fraction of sp³-hybridized carbons (Fsp3) is 0.562. The molecular formula is C16H25N3O2. The van der Waals surface area contributed by atoms with Crippen molar-refractivity contribution in [2.75, 3.05) is 49.6 Å². The largest absolute Gasteiger partial charge is 0.452 e. The van der Waals surface area contributed by atoms with Gasteiger partial charge in [0.1, 0.15) is 0 Å². The average Bonchev–Trinajstić information content (AvgIpc) is 2.52. The maximum atomic E-state index is 12.2. The Balaban J connectivity index is 2.32. The first-order valence-corrected chi connectivity index (χ1v) is 7.53.